The van der Waals surface area contributed by atoms with Gasteiger partial charge in [0.05, 0.1) is 0 Å². The van der Waals surface area contributed by atoms with Crippen LogP contribution in [0, 0.1) is 5.41 Å². The minimum atomic E-state index is -1.27. The summed E-state index contributed by atoms with van der Waals surface area (Å²) < 4.78 is 0. The molecule has 1 aliphatic heterocycles. The van der Waals surface area contributed by atoms with Gasteiger partial charge in [0.25, 0.3) is 5.91 Å². The second kappa shape index (κ2) is 3.84. The van der Waals surface area contributed by atoms with Crippen molar-refractivity contribution in [2.75, 3.05) is 0 Å². The standard InChI is InChI=1S/C10H13NO4/c1-3-4-10(2)7(12)6(8(13)14)5-11-9(10)15/h5,12H,3-4H2,1-2H3,(H,13,14). The van der Waals surface area contributed by atoms with Crippen LogP contribution in [0.2, 0.25) is 0 Å². The second-order valence-corrected chi connectivity index (χ2v) is 3.71. The summed E-state index contributed by atoms with van der Waals surface area (Å²) in [6, 6.07) is 0. The van der Waals surface area contributed by atoms with Crippen LogP contribution in [0.25, 0.3) is 0 Å². The number of hydrogen-bond donors (Lipinski definition) is 2. The fraction of sp³-hybridized carbons (Fsp3) is 0.500. The smallest absolute Gasteiger partial charge is 0.340 e. The molecular weight excluding hydrogens is 198 g/mol. The van der Waals surface area contributed by atoms with Crippen molar-refractivity contribution < 1.29 is 19.8 Å². The molecule has 82 valence electrons. The maximum Gasteiger partial charge on any atom is 0.340 e. The molecule has 1 unspecified atom stereocenters. The van der Waals surface area contributed by atoms with E-state index in [0.29, 0.717) is 12.8 Å². The van der Waals surface area contributed by atoms with Gasteiger partial charge in [-0.25, -0.2) is 9.79 Å². The molecule has 2 N–H and O–H groups in total. The minimum absolute atomic E-state index is 0.300. The first-order chi connectivity index (χ1) is 6.93. The Kier molecular flexibility index (Phi) is 2.93. The number of carbonyl (C=O) groups excluding carboxylic acids is 1. The van der Waals surface area contributed by atoms with Gasteiger partial charge in [0.1, 0.15) is 16.7 Å². The highest BCUT2D eigenvalue weighted by Gasteiger charge is 2.41. The van der Waals surface area contributed by atoms with Gasteiger partial charge in [-0.1, -0.05) is 13.3 Å². The van der Waals surface area contributed by atoms with Gasteiger partial charge in [-0.05, 0) is 13.3 Å². The van der Waals surface area contributed by atoms with Gasteiger partial charge >= 0.3 is 5.97 Å². The molecule has 0 aromatic heterocycles. The van der Waals surface area contributed by atoms with E-state index in [0.717, 1.165) is 6.21 Å². The number of aliphatic hydroxyl groups excluding tert-OH is 1. The van der Waals surface area contributed by atoms with Gasteiger partial charge in [-0.15, -0.1) is 0 Å². The largest absolute Gasteiger partial charge is 0.510 e. The molecule has 1 amide bonds. The lowest BCUT2D eigenvalue weighted by Gasteiger charge is -2.27. The molecule has 0 fully saturated rings. The number of amides is 1. The molecule has 5 heteroatoms. The van der Waals surface area contributed by atoms with Crippen molar-refractivity contribution in [2.45, 2.75) is 26.7 Å². The number of dihydropyridines is 1. The number of carboxylic acids is 1. The molecule has 0 saturated heterocycles. The van der Waals surface area contributed by atoms with Crippen LogP contribution in [-0.4, -0.2) is 28.3 Å². The van der Waals surface area contributed by atoms with Crippen LogP contribution < -0.4 is 0 Å². The molecule has 0 radical (unpaired) electrons. The Labute approximate surface area is 87.1 Å². The van der Waals surface area contributed by atoms with E-state index in [4.69, 9.17) is 5.11 Å². The summed E-state index contributed by atoms with van der Waals surface area (Å²) in [5, 5.41) is 18.5. The number of rotatable bonds is 3. The van der Waals surface area contributed by atoms with Crippen LogP contribution in [0.3, 0.4) is 0 Å². The average Bonchev–Trinajstić information content (AvgIpc) is 2.15. The molecular formula is C10H13NO4. The SMILES string of the molecule is CCCC1(C)C(=O)N=CC(C(=O)O)=C1O. The maximum atomic E-state index is 11.5. The minimum Gasteiger partial charge on any atom is -0.510 e. The third-order valence-corrected chi connectivity index (χ3v) is 2.54. The molecule has 1 aliphatic rings. The number of aliphatic carboxylic acids is 1. The second-order valence-electron chi connectivity index (χ2n) is 3.71. The summed E-state index contributed by atoms with van der Waals surface area (Å²) in [4.78, 5) is 25.7. The molecule has 0 spiro atoms. The van der Waals surface area contributed by atoms with Gasteiger partial charge in [-0.2, -0.15) is 0 Å². The molecule has 0 saturated carbocycles. The highest BCUT2D eigenvalue weighted by molar-refractivity contribution is 6.15. The summed E-state index contributed by atoms with van der Waals surface area (Å²) in [6.45, 7) is 3.36. The average molecular weight is 211 g/mol. The van der Waals surface area contributed by atoms with Crippen LogP contribution in [0.15, 0.2) is 16.3 Å². The number of hydrogen-bond acceptors (Lipinski definition) is 3. The highest BCUT2D eigenvalue weighted by Crippen LogP contribution is 2.36. The molecule has 1 rings (SSSR count). The van der Waals surface area contributed by atoms with Gasteiger partial charge < -0.3 is 10.2 Å². The topological polar surface area (TPSA) is 87.0 Å². The van der Waals surface area contributed by atoms with Gasteiger partial charge in [0, 0.05) is 6.21 Å². The fourth-order valence-corrected chi connectivity index (χ4v) is 1.61. The van der Waals surface area contributed by atoms with E-state index in [1.807, 2.05) is 6.92 Å². The first-order valence-electron chi connectivity index (χ1n) is 4.69. The highest BCUT2D eigenvalue weighted by atomic mass is 16.4. The van der Waals surface area contributed by atoms with Crippen molar-refractivity contribution >= 4 is 18.1 Å². The number of aliphatic hydroxyl groups is 1. The van der Waals surface area contributed by atoms with Crippen molar-refractivity contribution in [3.63, 3.8) is 0 Å². The van der Waals surface area contributed by atoms with E-state index in [-0.39, 0.29) is 5.57 Å². The van der Waals surface area contributed by atoms with Crippen LogP contribution in [0.4, 0.5) is 0 Å². The Morgan fingerprint density at radius 1 is 1.60 bits per heavy atom. The Morgan fingerprint density at radius 2 is 2.20 bits per heavy atom. The summed E-state index contributed by atoms with van der Waals surface area (Å²) in [6.07, 6.45) is 1.94. The summed E-state index contributed by atoms with van der Waals surface area (Å²) in [5.74, 6) is -2.16. The predicted molar refractivity (Wildman–Crippen MR) is 53.8 cm³/mol. The lowest BCUT2D eigenvalue weighted by molar-refractivity contribution is -0.132. The van der Waals surface area contributed by atoms with Crippen LogP contribution >= 0.6 is 0 Å². The van der Waals surface area contributed by atoms with E-state index in [9.17, 15) is 14.7 Å². The number of nitrogens with zero attached hydrogens (tertiary/aromatic N) is 1. The summed E-state index contributed by atoms with van der Waals surface area (Å²) in [7, 11) is 0. The van der Waals surface area contributed by atoms with Crippen LogP contribution in [0.1, 0.15) is 26.7 Å². The molecule has 15 heavy (non-hydrogen) atoms. The zero-order chi connectivity index (χ0) is 11.6. The third-order valence-electron chi connectivity index (χ3n) is 2.54. The first-order valence-corrected chi connectivity index (χ1v) is 4.69. The lowest BCUT2D eigenvalue weighted by Crippen LogP contribution is -2.34. The van der Waals surface area contributed by atoms with Crippen molar-refractivity contribution in [2.24, 2.45) is 10.4 Å². The molecule has 5 nitrogen and oxygen atoms in total. The van der Waals surface area contributed by atoms with E-state index in [1.54, 1.807) is 0 Å². The van der Waals surface area contributed by atoms with Crippen molar-refractivity contribution in [3.05, 3.63) is 11.3 Å². The summed E-state index contributed by atoms with van der Waals surface area (Å²) in [5.41, 5.74) is -1.48. The predicted octanol–water partition coefficient (Wildman–Crippen LogP) is 1.30. The van der Waals surface area contributed by atoms with E-state index in [1.165, 1.54) is 6.92 Å². The fourth-order valence-electron chi connectivity index (χ4n) is 1.61. The van der Waals surface area contributed by atoms with Gasteiger partial charge in [0.2, 0.25) is 0 Å². The molecule has 0 bridgehead atoms. The maximum absolute atomic E-state index is 11.5. The Bertz CT molecular complexity index is 370. The van der Waals surface area contributed by atoms with Crippen molar-refractivity contribution in [1.82, 2.24) is 0 Å². The quantitative estimate of drug-likeness (QED) is 0.736. The zero-order valence-corrected chi connectivity index (χ0v) is 8.65. The lowest BCUT2D eigenvalue weighted by atomic mass is 9.79. The first kappa shape index (κ1) is 11.4. The third kappa shape index (κ3) is 1.77. The normalized spacial score (nSPS) is 25.9. The number of aliphatic imine (C=N–C) groups is 1. The molecule has 1 atom stereocenters. The van der Waals surface area contributed by atoms with E-state index < -0.39 is 23.1 Å². The monoisotopic (exact) mass is 211 g/mol. The molecule has 1 heterocycles. The molecule has 0 aromatic carbocycles. The Hall–Kier alpha value is -1.65. The van der Waals surface area contributed by atoms with E-state index in [2.05, 4.69) is 4.99 Å². The van der Waals surface area contributed by atoms with E-state index >= 15 is 0 Å². The molecule has 0 aromatic rings. The van der Waals surface area contributed by atoms with Gasteiger partial charge in [-0.3, -0.25) is 4.79 Å². The summed E-state index contributed by atoms with van der Waals surface area (Å²) >= 11 is 0. The van der Waals surface area contributed by atoms with Crippen LogP contribution in [0.5, 0.6) is 0 Å². The zero-order valence-electron chi connectivity index (χ0n) is 8.65. The van der Waals surface area contributed by atoms with Crippen molar-refractivity contribution in [3.8, 4) is 0 Å². The Morgan fingerprint density at radius 3 is 2.67 bits per heavy atom. The van der Waals surface area contributed by atoms with Crippen LogP contribution in [-0.2, 0) is 9.59 Å². The number of carbonyl (C=O) groups is 2. The Balaban J connectivity index is 3.22. The van der Waals surface area contributed by atoms with Gasteiger partial charge in [0.15, 0.2) is 0 Å². The number of carboxylic acid groups (broad SMARTS) is 1. The van der Waals surface area contributed by atoms with Crippen molar-refractivity contribution in [1.29, 1.82) is 0 Å². The molecule has 0 aliphatic carbocycles.